The minimum atomic E-state index is 0.270. The summed E-state index contributed by atoms with van der Waals surface area (Å²) in [5.74, 6) is 1.33. The summed E-state index contributed by atoms with van der Waals surface area (Å²) in [7, 11) is 1.96. The van der Waals surface area contributed by atoms with Gasteiger partial charge < -0.3 is 10.1 Å². The second-order valence-electron chi connectivity index (χ2n) is 6.76. The maximum Gasteiger partial charge on any atom is 0.123 e. The van der Waals surface area contributed by atoms with Gasteiger partial charge in [-0.1, -0.05) is 44.2 Å². The monoisotopic (exact) mass is 366 g/mol. The molecule has 26 heavy (non-hydrogen) atoms. The van der Waals surface area contributed by atoms with Gasteiger partial charge in [0.25, 0.3) is 0 Å². The fraction of sp³-hybridized carbons (Fsp3) is 0.318. The molecule has 0 amide bonds. The summed E-state index contributed by atoms with van der Waals surface area (Å²) in [5.41, 5.74) is 4.57. The molecule has 1 unspecified atom stereocenters. The van der Waals surface area contributed by atoms with Crippen LogP contribution in [0.25, 0.3) is 11.3 Å². The zero-order valence-corrected chi connectivity index (χ0v) is 16.6. The highest BCUT2D eigenvalue weighted by Crippen LogP contribution is 2.33. The Bertz CT molecular complexity index is 842. The first-order chi connectivity index (χ1) is 12.6. The smallest absolute Gasteiger partial charge is 0.123 e. The van der Waals surface area contributed by atoms with Crippen LogP contribution in [0.1, 0.15) is 48.9 Å². The lowest BCUT2D eigenvalue weighted by atomic mass is 9.98. The highest BCUT2D eigenvalue weighted by Gasteiger charge is 2.14. The number of ether oxygens (including phenoxy) is 1. The number of thiazole rings is 1. The molecule has 0 spiro atoms. The average molecular weight is 367 g/mol. The maximum atomic E-state index is 6.11. The largest absolute Gasteiger partial charge is 0.489 e. The van der Waals surface area contributed by atoms with Gasteiger partial charge in [-0.15, -0.1) is 11.3 Å². The summed E-state index contributed by atoms with van der Waals surface area (Å²) in [4.78, 5) is 4.79. The topological polar surface area (TPSA) is 34.2 Å². The summed E-state index contributed by atoms with van der Waals surface area (Å²) in [5, 5.41) is 6.49. The molecular formula is C22H26N2OS. The van der Waals surface area contributed by atoms with Crippen LogP contribution in [0, 0.1) is 0 Å². The van der Waals surface area contributed by atoms with E-state index < -0.39 is 0 Å². The molecule has 3 nitrogen and oxygen atoms in total. The predicted molar refractivity (Wildman–Crippen MR) is 110 cm³/mol. The van der Waals surface area contributed by atoms with Gasteiger partial charge in [-0.05, 0) is 49.2 Å². The van der Waals surface area contributed by atoms with Crippen LogP contribution in [-0.4, -0.2) is 12.0 Å². The highest BCUT2D eigenvalue weighted by molar-refractivity contribution is 7.10. The predicted octanol–water partition coefficient (Wildman–Crippen LogP) is 5.79. The molecule has 0 saturated heterocycles. The van der Waals surface area contributed by atoms with Crippen molar-refractivity contribution in [1.29, 1.82) is 0 Å². The molecule has 1 aromatic heterocycles. The second kappa shape index (κ2) is 8.47. The zero-order valence-electron chi connectivity index (χ0n) is 15.8. The third-order valence-electron chi connectivity index (χ3n) is 4.49. The van der Waals surface area contributed by atoms with E-state index in [2.05, 4.69) is 61.8 Å². The van der Waals surface area contributed by atoms with Crippen LogP contribution in [0.3, 0.4) is 0 Å². The molecule has 2 aromatic carbocycles. The molecule has 1 atom stereocenters. The number of hydrogen-bond donors (Lipinski definition) is 1. The van der Waals surface area contributed by atoms with Crippen LogP contribution in [-0.2, 0) is 6.61 Å². The van der Waals surface area contributed by atoms with Crippen LogP contribution >= 0.6 is 11.3 Å². The lowest BCUT2D eigenvalue weighted by Gasteiger charge is -2.15. The van der Waals surface area contributed by atoms with Crippen molar-refractivity contribution in [2.24, 2.45) is 0 Å². The van der Waals surface area contributed by atoms with Gasteiger partial charge in [0.2, 0.25) is 0 Å². The molecule has 0 aliphatic carbocycles. The molecule has 136 valence electrons. The fourth-order valence-corrected chi connectivity index (χ4v) is 3.66. The van der Waals surface area contributed by atoms with Gasteiger partial charge in [0.1, 0.15) is 17.4 Å². The number of benzene rings is 2. The van der Waals surface area contributed by atoms with Crippen molar-refractivity contribution < 1.29 is 4.74 Å². The Kier molecular flexibility index (Phi) is 6.07. The van der Waals surface area contributed by atoms with Crippen molar-refractivity contribution in [2.75, 3.05) is 7.05 Å². The SMILES string of the molecule is CNC(C)c1nc(-c2ccc(OCc3ccccc3)c(C(C)C)c2)cs1. The minimum Gasteiger partial charge on any atom is -0.489 e. The fourth-order valence-electron chi connectivity index (χ4n) is 2.77. The zero-order chi connectivity index (χ0) is 18.5. The first kappa shape index (κ1) is 18.6. The molecule has 3 aromatic rings. The summed E-state index contributed by atoms with van der Waals surface area (Å²) >= 11 is 1.70. The van der Waals surface area contributed by atoms with Crippen molar-refractivity contribution in [3.05, 3.63) is 70.0 Å². The molecule has 1 N–H and O–H groups in total. The lowest BCUT2D eigenvalue weighted by molar-refractivity contribution is 0.302. The van der Waals surface area contributed by atoms with Gasteiger partial charge >= 0.3 is 0 Å². The van der Waals surface area contributed by atoms with Crippen LogP contribution in [0.5, 0.6) is 5.75 Å². The van der Waals surface area contributed by atoms with Crippen LogP contribution < -0.4 is 10.1 Å². The minimum absolute atomic E-state index is 0.270. The van der Waals surface area contributed by atoms with Crippen molar-refractivity contribution in [3.8, 4) is 17.0 Å². The number of hydrogen-bond acceptors (Lipinski definition) is 4. The van der Waals surface area contributed by atoms with Gasteiger partial charge in [0.05, 0.1) is 11.7 Å². The summed E-state index contributed by atoms with van der Waals surface area (Å²) in [6.45, 7) is 7.11. The van der Waals surface area contributed by atoms with E-state index in [4.69, 9.17) is 9.72 Å². The first-order valence-electron chi connectivity index (χ1n) is 9.02. The number of nitrogens with zero attached hydrogens (tertiary/aromatic N) is 1. The molecule has 0 aliphatic rings. The Labute approximate surface area is 160 Å². The normalized spacial score (nSPS) is 12.3. The van der Waals surface area contributed by atoms with E-state index in [-0.39, 0.29) is 6.04 Å². The van der Waals surface area contributed by atoms with Crippen molar-refractivity contribution in [1.82, 2.24) is 10.3 Å². The molecule has 0 saturated carbocycles. The molecule has 0 fully saturated rings. The lowest BCUT2D eigenvalue weighted by Crippen LogP contribution is -2.11. The maximum absolute atomic E-state index is 6.11. The summed E-state index contributed by atoms with van der Waals surface area (Å²) in [6.07, 6.45) is 0. The molecule has 0 aliphatic heterocycles. The van der Waals surface area contributed by atoms with Crippen LogP contribution in [0.2, 0.25) is 0 Å². The van der Waals surface area contributed by atoms with E-state index in [1.807, 2.05) is 25.2 Å². The van der Waals surface area contributed by atoms with Gasteiger partial charge in [-0.25, -0.2) is 4.98 Å². The second-order valence-corrected chi connectivity index (χ2v) is 7.65. The Balaban J connectivity index is 1.83. The first-order valence-corrected chi connectivity index (χ1v) is 9.90. The third-order valence-corrected chi connectivity index (χ3v) is 5.52. The molecule has 0 radical (unpaired) electrons. The molecule has 3 rings (SSSR count). The van der Waals surface area contributed by atoms with Crippen LogP contribution in [0.15, 0.2) is 53.9 Å². The molecule has 0 bridgehead atoms. The Morgan fingerprint density at radius 3 is 2.54 bits per heavy atom. The Morgan fingerprint density at radius 2 is 1.85 bits per heavy atom. The number of rotatable bonds is 7. The quantitative estimate of drug-likeness (QED) is 0.574. The third kappa shape index (κ3) is 4.32. The molecule has 4 heteroatoms. The van der Waals surface area contributed by atoms with Gasteiger partial charge in [-0.3, -0.25) is 0 Å². The summed E-state index contributed by atoms with van der Waals surface area (Å²) in [6, 6.07) is 16.9. The van der Waals surface area contributed by atoms with E-state index in [1.165, 1.54) is 11.1 Å². The van der Waals surface area contributed by atoms with Crippen molar-refractivity contribution in [3.63, 3.8) is 0 Å². The van der Waals surface area contributed by atoms with E-state index in [0.29, 0.717) is 12.5 Å². The standard InChI is InChI=1S/C22H26N2OS/c1-15(2)19-12-18(20-14-26-22(24-20)16(3)23-4)10-11-21(19)25-13-17-8-6-5-7-9-17/h5-12,14-16,23H,13H2,1-4H3. The Morgan fingerprint density at radius 1 is 1.08 bits per heavy atom. The van der Waals surface area contributed by atoms with E-state index in [1.54, 1.807) is 11.3 Å². The molecule has 1 heterocycles. The van der Waals surface area contributed by atoms with Gasteiger partial charge in [0, 0.05) is 10.9 Å². The number of nitrogens with one attached hydrogen (secondary N) is 1. The Hall–Kier alpha value is -2.17. The number of aromatic nitrogens is 1. The van der Waals surface area contributed by atoms with Crippen LogP contribution in [0.4, 0.5) is 0 Å². The van der Waals surface area contributed by atoms with E-state index in [0.717, 1.165) is 22.0 Å². The van der Waals surface area contributed by atoms with Crippen molar-refractivity contribution in [2.45, 2.75) is 39.3 Å². The highest BCUT2D eigenvalue weighted by atomic mass is 32.1. The molecular weight excluding hydrogens is 340 g/mol. The average Bonchev–Trinajstić information content (AvgIpc) is 3.16. The van der Waals surface area contributed by atoms with E-state index >= 15 is 0 Å². The van der Waals surface area contributed by atoms with E-state index in [9.17, 15) is 0 Å². The van der Waals surface area contributed by atoms with Gasteiger partial charge in [0.15, 0.2) is 0 Å². The van der Waals surface area contributed by atoms with Gasteiger partial charge in [-0.2, -0.15) is 0 Å². The van der Waals surface area contributed by atoms with Crippen molar-refractivity contribution >= 4 is 11.3 Å². The summed E-state index contributed by atoms with van der Waals surface area (Å²) < 4.78 is 6.11.